The van der Waals surface area contributed by atoms with Crippen LogP contribution in [0.4, 0.5) is 0 Å². The molecule has 0 spiro atoms. The van der Waals surface area contributed by atoms with Gasteiger partial charge in [0.1, 0.15) is 18.2 Å². The Kier molecular flexibility index (Phi) is 15.7. The minimum Gasteiger partial charge on any atom is -1.00 e. The van der Waals surface area contributed by atoms with E-state index in [0.29, 0.717) is 5.56 Å². The number of hydrogen-bond donors (Lipinski definition) is 8. The van der Waals surface area contributed by atoms with Crippen molar-refractivity contribution in [3.63, 3.8) is 0 Å². The molecule has 1 aromatic carbocycles. The van der Waals surface area contributed by atoms with E-state index in [9.17, 15) is 39.6 Å². The Morgan fingerprint density at radius 1 is 0.917 bits per heavy atom. The number of aliphatic hydroxyl groups excluding tert-OH is 4. The van der Waals surface area contributed by atoms with Crippen molar-refractivity contribution in [1.82, 2.24) is 16.0 Å². The Balaban J connectivity index is 0. The molecule has 0 aliphatic heterocycles. The van der Waals surface area contributed by atoms with E-state index in [1.807, 2.05) is 13.8 Å². The monoisotopic (exact) mass is 521 g/mol. The quantitative estimate of drug-likeness (QED) is 0.111. The fourth-order valence-corrected chi connectivity index (χ4v) is 3.42. The minimum absolute atomic E-state index is 0. The first-order valence-corrected chi connectivity index (χ1v) is 11.2. The van der Waals surface area contributed by atoms with Crippen LogP contribution in [0.3, 0.4) is 0 Å². The topological polar surface area (TPSA) is 206 Å². The number of carbonyl (C=O) groups excluding carboxylic acids is 3. The number of carboxylic acid groups (broad SMARTS) is 1. The van der Waals surface area contributed by atoms with Crippen LogP contribution in [0.5, 0.6) is 0 Å². The number of amides is 3. The molecule has 6 atom stereocenters. The number of rotatable bonds is 14. The Hall–Kier alpha value is -2.06. The van der Waals surface area contributed by atoms with Gasteiger partial charge >= 0.3 is 35.5 Å². The normalized spacial score (nSPS) is 15.9. The second-order valence-electron chi connectivity index (χ2n) is 8.68. The van der Waals surface area contributed by atoms with Gasteiger partial charge in [0.15, 0.2) is 6.10 Å². The molecule has 198 valence electrons. The first-order chi connectivity index (χ1) is 16.4. The molecule has 3 amide bonds. The first-order valence-electron chi connectivity index (χ1n) is 11.2. The predicted molar refractivity (Wildman–Crippen MR) is 125 cm³/mol. The number of nitrogens with one attached hydrogen (secondary N) is 3. The molecule has 0 aromatic heterocycles. The first kappa shape index (κ1) is 33.9. The molecule has 12 nitrogen and oxygen atoms in total. The van der Waals surface area contributed by atoms with Gasteiger partial charge < -0.3 is 42.9 Å². The summed E-state index contributed by atoms with van der Waals surface area (Å²) in [6.07, 6.45) is -6.57. The summed E-state index contributed by atoms with van der Waals surface area (Å²) in [5.74, 6) is -3.55. The van der Waals surface area contributed by atoms with Gasteiger partial charge in [0.05, 0.1) is 25.1 Å². The maximum Gasteiger partial charge on any atom is 1.00 e. The van der Waals surface area contributed by atoms with Crippen molar-refractivity contribution < 1.29 is 75.7 Å². The Morgan fingerprint density at radius 3 is 1.97 bits per heavy atom. The van der Waals surface area contributed by atoms with Crippen LogP contribution in [0.15, 0.2) is 30.3 Å². The summed E-state index contributed by atoms with van der Waals surface area (Å²) < 4.78 is 0. The van der Waals surface area contributed by atoms with Crippen LogP contribution in [0.25, 0.3) is 0 Å². The Labute approximate surface area is 233 Å². The molecular weight excluding hydrogens is 485 g/mol. The maximum atomic E-state index is 12.6. The van der Waals surface area contributed by atoms with Crippen molar-refractivity contribution in [3.8, 4) is 0 Å². The van der Waals surface area contributed by atoms with Crippen LogP contribution >= 0.6 is 0 Å². The van der Waals surface area contributed by atoms with Gasteiger partial charge in [0.25, 0.3) is 5.91 Å². The van der Waals surface area contributed by atoms with Crippen molar-refractivity contribution in [3.05, 3.63) is 35.9 Å². The van der Waals surface area contributed by atoms with Crippen LogP contribution in [0.2, 0.25) is 0 Å². The molecule has 1 aromatic rings. The maximum absolute atomic E-state index is 12.6. The average Bonchev–Trinajstić information content (AvgIpc) is 2.79. The number of benzene rings is 1. The Morgan fingerprint density at radius 2 is 1.50 bits per heavy atom. The van der Waals surface area contributed by atoms with E-state index >= 15 is 0 Å². The SMILES string of the molecule is CC(=O)N[C@@H](CC(C)C)C(=O)N[C@@H](CO)[C@@H](O)[C@@H](O)[C@H](O)C(=O)N[C@@H](CC(=O)O)c1ccccc1.[H-].[Na+]. The molecular formula is C23H36N3NaO9. The van der Waals surface area contributed by atoms with Crippen molar-refractivity contribution in [2.24, 2.45) is 5.92 Å². The van der Waals surface area contributed by atoms with E-state index in [1.165, 1.54) is 6.92 Å². The summed E-state index contributed by atoms with van der Waals surface area (Å²) in [7, 11) is 0. The summed E-state index contributed by atoms with van der Waals surface area (Å²) in [6, 6.07) is 4.63. The Bertz CT molecular complexity index is 863. The van der Waals surface area contributed by atoms with E-state index in [4.69, 9.17) is 5.11 Å². The fourth-order valence-electron chi connectivity index (χ4n) is 3.42. The van der Waals surface area contributed by atoms with Gasteiger partial charge in [-0.25, -0.2) is 0 Å². The second-order valence-corrected chi connectivity index (χ2v) is 8.68. The zero-order chi connectivity index (χ0) is 26.7. The third-order valence-corrected chi connectivity index (χ3v) is 5.18. The summed E-state index contributed by atoms with van der Waals surface area (Å²) in [5.41, 5.74) is 0.445. The molecule has 1 rings (SSSR count). The van der Waals surface area contributed by atoms with Crippen LogP contribution in [0.1, 0.15) is 46.6 Å². The number of hydrogen-bond acceptors (Lipinski definition) is 8. The zero-order valence-electron chi connectivity index (χ0n) is 21.9. The predicted octanol–water partition coefficient (Wildman–Crippen LogP) is -4.45. The van der Waals surface area contributed by atoms with Crippen molar-refractivity contribution >= 4 is 23.7 Å². The van der Waals surface area contributed by atoms with E-state index < -0.39 is 73.2 Å². The molecule has 0 aliphatic carbocycles. The third-order valence-electron chi connectivity index (χ3n) is 5.18. The number of carboxylic acids is 1. The molecule has 0 unspecified atom stereocenters. The number of carbonyl (C=O) groups is 4. The summed E-state index contributed by atoms with van der Waals surface area (Å²) in [6.45, 7) is 4.03. The van der Waals surface area contributed by atoms with Gasteiger partial charge in [-0.1, -0.05) is 44.2 Å². The standard InChI is InChI=1S/C23H35N3O9.Na.H/c1-12(2)9-16(24-13(3)28)22(34)26-17(11-27)19(31)20(32)21(33)23(35)25-15(10-18(29)30)14-7-5-4-6-8-14;;/h4-8,12,15-17,19-21,27,31-33H,9-11H2,1-3H3,(H,24,28)(H,25,35)(H,26,34)(H,29,30);;/q;+1;-1/t15-,16-,17-,19+,20+,21-;;/m0../s1. The van der Waals surface area contributed by atoms with Crippen molar-refractivity contribution in [2.45, 2.75) is 70.1 Å². The van der Waals surface area contributed by atoms with Gasteiger partial charge in [-0.2, -0.15) is 0 Å². The molecule has 8 N–H and O–H groups in total. The average molecular weight is 522 g/mol. The summed E-state index contributed by atoms with van der Waals surface area (Å²) in [5, 5.41) is 57.0. The van der Waals surface area contributed by atoms with Gasteiger partial charge in [-0.05, 0) is 17.9 Å². The number of aliphatic carboxylic acids is 1. The molecule has 0 radical (unpaired) electrons. The molecule has 0 aliphatic rings. The van der Waals surface area contributed by atoms with E-state index in [1.54, 1.807) is 30.3 Å². The van der Waals surface area contributed by atoms with E-state index in [0.717, 1.165) is 0 Å². The zero-order valence-corrected chi connectivity index (χ0v) is 22.9. The van der Waals surface area contributed by atoms with Gasteiger partial charge in [0, 0.05) is 6.92 Å². The smallest absolute Gasteiger partial charge is 1.00 e. The summed E-state index contributed by atoms with van der Waals surface area (Å²) in [4.78, 5) is 47.7. The molecule has 13 heteroatoms. The fraction of sp³-hybridized carbons (Fsp3) is 0.565. The van der Waals surface area contributed by atoms with Gasteiger partial charge in [-0.15, -0.1) is 0 Å². The van der Waals surface area contributed by atoms with Crippen LogP contribution in [-0.4, -0.2) is 86.2 Å². The minimum atomic E-state index is -2.21. The van der Waals surface area contributed by atoms with Crippen LogP contribution < -0.4 is 45.5 Å². The van der Waals surface area contributed by atoms with Gasteiger partial charge in [-0.3, -0.25) is 19.2 Å². The van der Waals surface area contributed by atoms with Crippen molar-refractivity contribution in [2.75, 3.05) is 6.61 Å². The second kappa shape index (κ2) is 16.6. The molecule has 0 saturated carbocycles. The largest absolute Gasteiger partial charge is 1.00 e. The summed E-state index contributed by atoms with van der Waals surface area (Å²) >= 11 is 0. The van der Waals surface area contributed by atoms with Crippen molar-refractivity contribution in [1.29, 1.82) is 0 Å². The third kappa shape index (κ3) is 11.3. The molecule has 0 saturated heterocycles. The molecule has 0 heterocycles. The van der Waals surface area contributed by atoms with E-state index in [2.05, 4.69) is 16.0 Å². The molecule has 0 fully saturated rings. The molecule has 36 heavy (non-hydrogen) atoms. The van der Waals surface area contributed by atoms with E-state index in [-0.39, 0.29) is 43.3 Å². The van der Waals surface area contributed by atoms with Gasteiger partial charge in [0.2, 0.25) is 11.8 Å². The molecule has 0 bridgehead atoms. The number of aliphatic hydroxyl groups is 4. The van der Waals surface area contributed by atoms with Crippen LogP contribution in [0, 0.1) is 5.92 Å². The van der Waals surface area contributed by atoms with Crippen LogP contribution in [-0.2, 0) is 19.2 Å².